The van der Waals surface area contributed by atoms with Crippen LogP contribution in [0.2, 0.25) is 0 Å². The summed E-state index contributed by atoms with van der Waals surface area (Å²) < 4.78 is 36.2. The number of hydrogen-bond acceptors (Lipinski definition) is 6. The zero-order chi connectivity index (χ0) is 21.7. The Morgan fingerprint density at radius 1 is 1.10 bits per heavy atom. The first-order chi connectivity index (χ1) is 14.4. The molecule has 0 bridgehead atoms. The Labute approximate surface area is 174 Å². The highest BCUT2D eigenvalue weighted by Gasteiger charge is 2.35. The van der Waals surface area contributed by atoms with E-state index < -0.39 is 33.6 Å². The van der Waals surface area contributed by atoms with Crippen molar-refractivity contribution in [2.24, 2.45) is 0 Å². The van der Waals surface area contributed by atoms with Gasteiger partial charge in [0.1, 0.15) is 5.75 Å². The first-order valence-corrected chi connectivity index (χ1v) is 10.9. The van der Waals surface area contributed by atoms with Crippen LogP contribution in [0.25, 0.3) is 0 Å². The van der Waals surface area contributed by atoms with E-state index >= 15 is 0 Å². The molecule has 2 amide bonds. The molecule has 1 heterocycles. The van der Waals surface area contributed by atoms with E-state index in [4.69, 9.17) is 9.47 Å². The van der Waals surface area contributed by atoms with Gasteiger partial charge in [-0.1, -0.05) is 30.3 Å². The maximum Gasteiger partial charge on any atom is 0.338 e. The average Bonchev–Trinajstić information content (AvgIpc) is 2.74. The molecule has 0 saturated heterocycles. The smallest absolute Gasteiger partial charge is 0.338 e. The van der Waals surface area contributed by atoms with Crippen molar-refractivity contribution in [1.29, 1.82) is 0 Å². The fraction of sp³-hybridized carbons (Fsp3) is 0.238. The molecular weight excluding hydrogens is 408 g/mol. The second kappa shape index (κ2) is 9.00. The minimum Gasteiger partial charge on any atom is -0.497 e. The molecule has 1 atom stereocenters. The second-order valence-corrected chi connectivity index (χ2v) is 8.48. The molecule has 158 valence electrons. The van der Waals surface area contributed by atoms with E-state index in [9.17, 15) is 18.0 Å². The lowest BCUT2D eigenvalue weighted by Gasteiger charge is -2.29. The number of benzene rings is 2. The van der Waals surface area contributed by atoms with Crippen molar-refractivity contribution in [2.75, 3.05) is 19.5 Å². The molecule has 0 spiro atoms. The summed E-state index contributed by atoms with van der Waals surface area (Å²) in [7, 11) is -2.32. The number of nitrogens with one attached hydrogen (secondary N) is 2. The van der Waals surface area contributed by atoms with E-state index in [-0.39, 0.29) is 22.8 Å². The number of rotatable bonds is 7. The Bertz CT molecular complexity index is 1080. The largest absolute Gasteiger partial charge is 0.497 e. The Morgan fingerprint density at radius 3 is 2.50 bits per heavy atom. The van der Waals surface area contributed by atoms with Gasteiger partial charge in [0.15, 0.2) is 9.84 Å². The molecule has 1 aliphatic heterocycles. The average molecular weight is 430 g/mol. The Morgan fingerprint density at radius 2 is 1.83 bits per heavy atom. The first kappa shape index (κ1) is 21.4. The van der Waals surface area contributed by atoms with Crippen LogP contribution in [0.15, 0.2) is 70.8 Å². The molecule has 2 aromatic carbocycles. The molecule has 30 heavy (non-hydrogen) atoms. The van der Waals surface area contributed by atoms with Crippen molar-refractivity contribution >= 4 is 21.8 Å². The number of methoxy groups -OCH3 is 1. The van der Waals surface area contributed by atoms with Gasteiger partial charge in [-0.05, 0) is 36.8 Å². The number of urea groups is 1. The highest BCUT2D eigenvalue weighted by atomic mass is 32.2. The summed E-state index contributed by atoms with van der Waals surface area (Å²) in [6.45, 7) is 1.74. The lowest BCUT2D eigenvalue weighted by atomic mass is 9.95. The quantitative estimate of drug-likeness (QED) is 0.653. The molecule has 2 aromatic rings. The van der Waals surface area contributed by atoms with Gasteiger partial charge in [0.2, 0.25) is 0 Å². The van der Waals surface area contributed by atoms with Gasteiger partial charge in [-0.15, -0.1) is 0 Å². The van der Waals surface area contributed by atoms with E-state index in [2.05, 4.69) is 10.6 Å². The Kier molecular flexibility index (Phi) is 6.41. The molecule has 0 radical (unpaired) electrons. The first-order valence-electron chi connectivity index (χ1n) is 9.25. The number of carbonyl (C=O) groups is 2. The molecule has 0 aliphatic carbocycles. The van der Waals surface area contributed by atoms with Crippen LogP contribution in [0.4, 0.5) is 4.79 Å². The van der Waals surface area contributed by atoms with Crippen LogP contribution in [0.5, 0.6) is 5.75 Å². The molecule has 3 rings (SSSR count). The van der Waals surface area contributed by atoms with Crippen LogP contribution in [0.1, 0.15) is 18.5 Å². The SMILES string of the molecule is CCOC(=O)C1=C(CS(=O)(=O)c2ccccc2)NC(=O)N[C@H]1c1cccc(OC)c1. The number of amides is 2. The van der Waals surface area contributed by atoms with Crippen LogP contribution in [0.3, 0.4) is 0 Å². The highest BCUT2D eigenvalue weighted by Crippen LogP contribution is 2.31. The van der Waals surface area contributed by atoms with Crippen molar-refractivity contribution in [3.63, 3.8) is 0 Å². The van der Waals surface area contributed by atoms with Gasteiger partial charge >= 0.3 is 12.0 Å². The number of esters is 1. The van der Waals surface area contributed by atoms with Crippen LogP contribution in [-0.2, 0) is 19.4 Å². The van der Waals surface area contributed by atoms with Crippen LogP contribution < -0.4 is 15.4 Å². The molecule has 8 nitrogen and oxygen atoms in total. The Balaban J connectivity index is 2.11. The fourth-order valence-electron chi connectivity index (χ4n) is 3.15. The Hall–Kier alpha value is -3.33. The van der Waals surface area contributed by atoms with Gasteiger partial charge in [-0.2, -0.15) is 0 Å². The normalized spacial score (nSPS) is 16.5. The highest BCUT2D eigenvalue weighted by molar-refractivity contribution is 7.91. The predicted octanol–water partition coefficient (Wildman–Crippen LogP) is 2.34. The number of hydrogen-bond donors (Lipinski definition) is 2. The zero-order valence-corrected chi connectivity index (χ0v) is 17.4. The zero-order valence-electron chi connectivity index (χ0n) is 16.5. The van der Waals surface area contributed by atoms with Crippen molar-refractivity contribution in [1.82, 2.24) is 10.6 Å². The van der Waals surface area contributed by atoms with Gasteiger partial charge in [0, 0.05) is 5.70 Å². The van der Waals surface area contributed by atoms with Gasteiger partial charge < -0.3 is 20.1 Å². The van der Waals surface area contributed by atoms with Crippen LogP contribution >= 0.6 is 0 Å². The number of ether oxygens (including phenoxy) is 2. The monoisotopic (exact) mass is 430 g/mol. The lowest BCUT2D eigenvalue weighted by molar-refractivity contribution is -0.139. The van der Waals surface area contributed by atoms with E-state index in [0.29, 0.717) is 11.3 Å². The second-order valence-electron chi connectivity index (χ2n) is 6.49. The third-order valence-electron chi connectivity index (χ3n) is 4.51. The van der Waals surface area contributed by atoms with E-state index in [1.54, 1.807) is 49.4 Å². The van der Waals surface area contributed by atoms with Crippen molar-refractivity contribution in [3.8, 4) is 5.75 Å². The molecule has 0 saturated carbocycles. The molecular formula is C21H22N2O6S. The summed E-state index contributed by atoms with van der Waals surface area (Å²) in [5, 5.41) is 5.15. The van der Waals surface area contributed by atoms with Crippen molar-refractivity contribution in [3.05, 3.63) is 71.4 Å². The maximum atomic E-state index is 12.9. The number of carbonyl (C=O) groups excluding carboxylic acids is 2. The molecule has 1 aliphatic rings. The summed E-state index contributed by atoms with van der Waals surface area (Å²) in [5.74, 6) is -0.739. The molecule has 9 heteroatoms. The fourth-order valence-corrected chi connectivity index (χ4v) is 4.50. The lowest BCUT2D eigenvalue weighted by Crippen LogP contribution is -2.47. The minimum absolute atomic E-state index is 0.0196. The van der Waals surface area contributed by atoms with E-state index in [1.807, 2.05) is 0 Å². The van der Waals surface area contributed by atoms with Crippen molar-refractivity contribution < 1.29 is 27.5 Å². The molecule has 0 fully saturated rings. The summed E-state index contributed by atoms with van der Waals surface area (Å²) in [6, 6.07) is 13.1. The van der Waals surface area contributed by atoms with Gasteiger partial charge in [0.25, 0.3) is 0 Å². The molecule has 0 unspecified atom stereocenters. The van der Waals surface area contributed by atoms with Gasteiger partial charge in [-0.25, -0.2) is 18.0 Å². The maximum absolute atomic E-state index is 12.9. The summed E-state index contributed by atoms with van der Waals surface area (Å²) in [5.41, 5.74) is 0.569. The van der Waals surface area contributed by atoms with Gasteiger partial charge in [0.05, 0.1) is 36.0 Å². The minimum atomic E-state index is -3.82. The van der Waals surface area contributed by atoms with Crippen LogP contribution in [0, 0.1) is 0 Å². The van der Waals surface area contributed by atoms with Crippen molar-refractivity contribution in [2.45, 2.75) is 17.9 Å². The summed E-state index contributed by atoms with van der Waals surface area (Å²) in [4.78, 5) is 25.2. The van der Waals surface area contributed by atoms with E-state index in [1.165, 1.54) is 19.2 Å². The standard InChI is InChI=1S/C21H22N2O6S/c1-3-29-20(24)18-17(13-30(26,27)16-10-5-4-6-11-16)22-21(25)23-19(18)14-8-7-9-15(12-14)28-2/h4-12,19H,3,13H2,1-2H3,(H2,22,23,25)/t19-/m0/s1. The summed E-state index contributed by atoms with van der Waals surface area (Å²) in [6.07, 6.45) is 0. The predicted molar refractivity (Wildman–Crippen MR) is 110 cm³/mol. The topological polar surface area (TPSA) is 111 Å². The molecule has 2 N–H and O–H groups in total. The molecule has 0 aromatic heterocycles. The summed E-state index contributed by atoms with van der Waals surface area (Å²) >= 11 is 0. The van der Waals surface area contributed by atoms with Gasteiger partial charge in [-0.3, -0.25) is 0 Å². The van der Waals surface area contributed by atoms with E-state index in [0.717, 1.165) is 0 Å². The third-order valence-corrected chi connectivity index (χ3v) is 6.17. The van der Waals surface area contributed by atoms with Crippen LogP contribution in [-0.4, -0.2) is 39.9 Å². The third kappa shape index (κ3) is 4.62. The number of sulfone groups is 1.